The predicted molar refractivity (Wildman–Crippen MR) is 96.0 cm³/mol. The Labute approximate surface area is 152 Å². The second kappa shape index (κ2) is 8.41. The fraction of sp³-hybridized carbons (Fsp3) is 0.118. The monoisotopic (exact) mass is 406 g/mol. The summed E-state index contributed by atoms with van der Waals surface area (Å²) in [6.07, 6.45) is 0. The highest BCUT2D eigenvalue weighted by Gasteiger charge is 2.14. The number of rotatable bonds is 6. The van der Waals surface area contributed by atoms with Gasteiger partial charge in [-0.3, -0.25) is 9.59 Å². The van der Waals surface area contributed by atoms with E-state index in [1.54, 1.807) is 18.2 Å². The highest BCUT2D eigenvalue weighted by Crippen LogP contribution is 2.22. The number of anilines is 2. The van der Waals surface area contributed by atoms with E-state index in [4.69, 9.17) is 4.74 Å². The van der Waals surface area contributed by atoms with E-state index < -0.39 is 11.9 Å². The van der Waals surface area contributed by atoms with E-state index >= 15 is 0 Å². The van der Waals surface area contributed by atoms with Crippen LogP contribution >= 0.6 is 15.9 Å². The molecule has 0 spiro atoms. The van der Waals surface area contributed by atoms with Gasteiger partial charge in [0.05, 0.1) is 11.3 Å². The maximum absolute atomic E-state index is 12.3. The normalized spacial score (nSPS) is 10.2. The lowest BCUT2D eigenvalue weighted by Gasteiger charge is -2.10. The van der Waals surface area contributed by atoms with Gasteiger partial charge < -0.3 is 20.5 Å². The van der Waals surface area contributed by atoms with Crippen molar-refractivity contribution in [2.75, 3.05) is 24.4 Å². The topological polar surface area (TPSA) is 105 Å². The van der Waals surface area contributed by atoms with Crippen LogP contribution < -0.4 is 10.6 Å². The smallest absolute Gasteiger partial charge is 0.337 e. The Morgan fingerprint density at radius 1 is 1.08 bits per heavy atom. The molecular weight excluding hydrogens is 392 g/mol. The number of hydrogen-bond donors (Lipinski definition) is 3. The van der Waals surface area contributed by atoms with E-state index in [1.807, 2.05) is 0 Å². The molecule has 0 unspecified atom stereocenters. The molecule has 7 nitrogen and oxygen atoms in total. The fourth-order valence-corrected chi connectivity index (χ4v) is 2.39. The molecular formula is C17H15BrN2O5. The fourth-order valence-electron chi connectivity index (χ4n) is 2.03. The molecule has 0 aromatic heterocycles. The zero-order valence-electron chi connectivity index (χ0n) is 13.2. The van der Waals surface area contributed by atoms with Crippen molar-refractivity contribution in [1.29, 1.82) is 0 Å². The van der Waals surface area contributed by atoms with Crippen LogP contribution in [-0.4, -0.2) is 36.6 Å². The molecule has 2 amide bonds. The van der Waals surface area contributed by atoms with Crippen molar-refractivity contribution in [3.05, 3.63) is 58.1 Å². The zero-order chi connectivity index (χ0) is 18.4. The molecule has 2 rings (SSSR count). The van der Waals surface area contributed by atoms with Crippen LogP contribution in [0.5, 0.6) is 0 Å². The van der Waals surface area contributed by atoms with Crippen LogP contribution in [0.25, 0.3) is 0 Å². The van der Waals surface area contributed by atoms with E-state index in [1.165, 1.54) is 31.4 Å². The first-order valence-corrected chi connectivity index (χ1v) is 7.93. The van der Waals surface area contributed by atoms with Crippen molar-refractivity contribution in [1.82, 2.24) is 0 Å². The van der Waals surface area contributed by atoms with Crippen LogP contribution in [0.4, 0.5) is 11.4 Å². The summed E-state index contributed by atoms with van der Waals surface area (Å²) in [5.74, 6) is -1.91. The molecule has 0 bridgehead atoms. The average molecular weight is 407 g/mol. The molecule has 0 heterocycles. The summed E-state index contributed by atoms with van der Waals surface area (Å²) >= 11 is 3.19. The van der Waals surface area contributed by atoms with Gasteiger partial charge in [0.1, 0.15) is 6.61 Å². The number of carbonyl (C=O) groups is 3. The molecule has 25 heavy (non-hydrogen) atoms. The lowest BCUT2D eigenvalue weighted by atomic mass is 10.1. The summed E-state index contributed by atoms with van der Waals surface area (Å²) in [6.45, 7) is -0.0657. The summed E-state index contributed by atoms with van der Waals surface area (Å²) in [4.78, 5) is 35.0. The third kappa shape index (κ3) is 5.13. The molecule has 130 valence electrons. The van der Waals surface area contributed by atoms with Gasteiger partial charge >= 0.3 is 5.97 Å². The van der Waals surface area contributed by atoms with Crippen LogP contribution in [-0.2, 0) is 9.53 Å². The molecule has 0 radical (unpaired) electrons. The number of amides is 2. The minimum absolute atomic E-state index is 0.0221. The van der Waals surface area contributed by atoms with Crippen molar-refractivity contribution in [3.63, 3.8) is 0 Å². The third-order valence-electron chi connectivity index (χ3n) is 3.17. The molecule has 0 aliphatic heterocycles. The van der Waals surface area contributed by atoms with Crippen LogP contribution in [0.2, 0.25) is 0 Å². The van der Waals surface area contributed by atoms with Crippen molar-refractivity contribution >= 4 is 45.1 Å². The van der Waals surface area contributed by atoms with Gasteiger partial charge in [0.25, 0.3) is 5.91 Å². The number of carboxylic acids is 1. The number of carbonyl (C=O) groups excluding carboxylic acids is 2. The van der Waals surface area contributed by atoms with Crippen molar-refractivity contribution < 1.29 is 24.2 Å². The van der Waals surface area contributed by atoms with Crippen LogP contribution in [0, 0.1) is 0 Å². The van der Waals surface area contributed by atoms with Crippen LogP contribution in [0.3, 0.4) is 0 Å². The molecule has 2 aromatic rings. The van der Waals surface area contributed by atoms with Gasteiger partial charge in [-0.1, -0.05) is 15.9 Å². The lowest BCUT2D eigenvalue weighted by molar-refractivity contribution is -0.119. The molecule has 2 aromatic carbocycles. The minimum Gasteiger partial charge on any atom is -0.478 e. The van der Waals surface area contributed by atoms with Crippen molar-refractivity contribution in [2.24, 2.45) is 0 Å². The van der Waals surface area contributed by atoms with Crippen molar-refractivity contribution in [2.45, 2.75) is 0 Å². The van der Waals surface area contributed by atoms with Gasteiger partial charge in [-0.15, -0.1) is 0 Å². The standard InChI is InChI=1S/C17H15BrN2O5/c1-25-9-15(21)19-12-5-2-10(3-6-12)16(22)20-14-7-4-11(18)8-13(14)17(23)24/h2-8H,9H2,1H3,(H,19,21)(H,20,22)(H,23,24). The first-order valence-electron chi connectivity index (χ1n) is 7.13. The van der Waals surface area contributed by atoms with Crippen molar-refractivity contribution in [3.8, 4) is 0 Å². The molecule has 3 N–H and O–H groups in total. The highest BCUT2D eigenvalue weighted by molar-refractivity contribution is 9.10. The Morgan fingerprint density at radius 3 is 2.36 bits per heavy atom. The Hall–Kier alpha value is -2.71. The van der Waals surface area contributed by atoms with E-state index in [9.17, 15) is 19.5 Å². The quantitative estimate of drug-likeness (QED) is 0.683. The molecule has 0 fully saturated rings. The highest BCUT2D eigenvalue weighted by atomic mass is 79.9. The number of aromatic carboxylic acids is 1. The van der Waals surface area contributed by atoms with Gasteiger partial charge in [-0.25, -0.2) is 4.79 Å². The Morgan fingerprint density at radius 2 is 1.76 bits per heavy atom. The maximum atomic E-state index is 12.3. The third-order valence-corrected chi connectivity index (χ3v) is 3.66. The van der Waals surface area contributed by atoms with E-state index in [0.29, 0.717) is 15.7 Å². The molecule has 0 aliphatic carbocycles. The summed E-state index contributed by atoms with van der Waals surface area (Å²) in [5, 5.41) is 14.4. The molecule has 0 saturated heterocycles. The summed E-state index contributed by atoms with van der Waals surface area (Å²) < 4.78 is 5.31. The number of carboxylic acid groups (broad SMARTS) is 1. The zero-order valence-corrected chi connectivity index (χ0v) is 14.8. The number of halogens is 1. The average Bonchev–Trinajstić information content (AvgIpc) is 2.57. The summed E-state index contributed by atoms with van der Waals surface area (Å²) in [5.41, 5.74) is 1.02. The number of benzene rings is 2. The number of methoxy groups -OCH3 is 1. The molecule has 0 aliphatic rings. The lowest BCUT2D eigenvalue weighted by Crippen LogP contribution is -2.17. The summed E-state index contributed by atoms with van der Waals surface area (Å²) in [6, 6.07) is 10.7. The molecule has 0 atom stereocenters. The summed E-state index contributed by atoms with van der Waals surface area (Å²) in [7, 11) is 1.42. The number of ether oxygens (including phenoxy) is 1. The Kier molecular flexibility index (Phi) is 6.26. The number of hydrogen-bond acceptors (Lipinski definition) is 4. The van der Waals surface area contributed by atoms with Gasteiger partial charge in [0, 0.05) is 22.8 Å². The molecule has 8 heteroatoms. The first kappa shape index (κ1) is 18.6. The second-order valence-corrected chi connectivity index (χ2v) is 5.92. The van der Waals surface area contributed by atoms with E-state index in [-0.39, 0.29) is 23.8 Å². The Bertz CT molecular complexity index is 805. The largest absolute Gasteiger partial charge is 0.478 e. The van der Waals surface area contributed by atoms with Gasteiger partial charge in [0.2, 0.25) is 5.91 Å². The predicted octanol–water partition coefficient (Wildman–Crippen LogP) is 2.98. The minimum atomic E-state index is -1.15. The van der Waals surface area contributed by atoms with Gasteiger partial charge in [-0.05, 0) is 42.5 Å². The second-order valence-electron chi connectivity index (χ2n) is 5.01. The van der Waals surface area contributed by atoms with Crippen LogP contribution in [0.1, 0.15) is 20.7 Å². The van der Waals surface area contributed by atoms with E-state index in [0.717, 1.165) is 0 Å². The first-order chi connectivity index (χ1) is 11.9. The van der Waals surface area contributed by atoms with Gasteiger partial charge in [0.15, 0.2) is 0 Å². The molecule has 0 saturated carbocycles. The van der Waals surface area contributed by atoms with E-state index in [2.05, 4.69) is 26.6 Å². The maximum Gasteiger partial charge on any atom is 0.337 e. The number of nitrogens with one attached hydrogen (secondary N) is 2. The van der Waals surface area contributed by atoms with Gasteiger partial charge in [-0.2, -0.15) is 0 Å². The SMILES string of the molecule is COCC(=O)Nc1ccc(C(=O)Nc2ccc(Br)cc2C(=O)O)cc1. The van der Waals surface area contributed by atoms with Crippen LogP contribution in [0.15, 0.2) is 46.9 Å². The Balaban J connectivity index is 2.11.